The fourth-order valence-electron chi connectivity index (χ4n) is 1.30. The summed E-state index contributed by atoms with van der Waals surface area (Å²) in [7, 11) is 0. The molecule has 2 N–H and O–H groups in total. The van der Waals surface area contributed by atoms with E-state index in [1.807, 2.05) is 0 Å². The standard InChI is InChI=1S/C13H16O4/c1-2-8-13(16,9-14)10-17-12(15)11-6-4-3-5-7-11/h2-8,14,16H,9-10H2,1H3/b8-2-/t13-/m1/s1. The normalized spacial score (nSPS) is 14.5. The van der Waals surface area contributed by atoms with Crippen LogP contribution in [0.5, 0.6) is 0 Å². The van der Waals surface area contributed by atoms with Gasteiger partial charge in [-0.2, -0.15) is 0 Å². The zero-order valence-corrected chi connectivity index (χ0v) is 9.67. The van der Waals surface area contributed by atoms with Gasteiger partial charge in [0.05, 0.1) is 12.2 Å². The first-order valence-corrected chi connectivity index (χ1v) is 5.30. The molecule has 0 radical (unpaired) electrons. The molecule has 0 saturated heterocycles. The molecule has 92 valence electrons. The minimum absolute atomic E-state index is 0.276. The predicted octanol–water partition coefficient (Wildman–Crippen LogP) is 1.14. The number of carbonyl (C=O) groups is 1. The van der Waals surface area contributed by atoms with Crippen LogP contribution in [0.4, 0.5) is 0 Å². The number of benzene rings is 1. The molecule has 1 aromatic rings. The van der Waals surface area contributed by atoms with Crippen molar-refractivity contribution in [2.45, 2.75) is 12.5 Å². The van der Waals surface area contributed by atoms with Gasteiger partial charge < -0.3 is 14.9 Å². The minimum atomic E-state index is -1.51. The Morgan fingerprint density at radius 1 is 1.41 bits per heavy atom. The van der Waals surface area contributed by atoms with Crippen molar-refractivity contribution in [1.82, 2.24) is 0 Å². The number of hydrogen-bond acceptors (Lipinski definition) is 4. The topological polar surface area (TPSA) is 66.8 Å². The van der Waals surface area contributed by atoms with Gasteiger partial charge in [0.15, 0.2) is 0 Å². The van der Waals surface area contributed by atoms with Gasteiger partial charge in [0.2, 0.25) is 0 Å². The van der Waals surface area contributed by atoms with E-state index in [0.29, 0.717) is 5.56 Å². The first-order chi connectivity index (χ1) is 8.11. The van der Waals surface area contributed by atoms with Gasteiger partial charge in [-0.1, -0.05) is 30.4 Å². The summed E-state index contributed by atoms with van der Waals surface area (Å²) in [6, 6.07) is 8.48. The molecule has 0 unspecified atom stereocenters. The van der Waals surface area contributed by atoms with Crippen molar-refractivity contribution >= 4 is 5.97 Å². The fourth-order valence-corrected chi connectivity index (χ4v) is 1.30. The third-order valence-corrected chi connectivity index (χ3v) is 2.21. The van der Waals surface area contributed by atoms with Crippen molar-refractivity contribution in [3.05, 3.63) is 48.0 Å². The minimum Gasteiger partial charge on any atom is -0.459 e. The molecule has 0 spiro atoms. The van der Waals surface area contributed by atoms with Gasteiger partial charge in [-0.25, -0.2) is 4.79 Å². The fraction of sp³-hybridized carbons (Fsp3) is 0.308. The maximum Gasteiger partial charge on any atom is 0.338 e. The highest BCUT2D eigenvalue weighted by Gasteiger charge is 2.24. The van der Waals surface area contributed by atoms with E-state index in [4.69, 9.17) is 9.84 Å². The first-order valence-electron chi connectivity index (χ1n) is 5.30. The van der Waals surface area contributed by atoms with Gasteiger partial charge in [-0.3, -0.25) is 0 Å². The van der Waals surface area contributed by atoms with E-state index in [-0.39, 0.29) is 6.61 Å². The number of ether oxygens (including phenoxy) is 1. The van der Waals surface area contributed by atoms with Crippen LogP contribution in [0.2, 0.25) is 0 Å². The average molecular weight is 236 g/mol. The maximum atomic E-state index is 11.6. The van der Waals surface area contributed by atoms with Crippen LogP contribution < -0.4 is 0 Å². The van der Waals surface area contributed by atoms with E-state index >= 15 is 0 Å². The highest BCUT2D eigenvalue weighted by molar-refractivity contribution is 5.89. The Morgan fingerprint density at radius 2 is 2.06 bits per heavy atom. The molecular formula is C13H16O4. The van der Waals surface area contributed by atoms with Gasteiger partial charge in [-0.05, 0) is 19.1 Å². The van der Waals surface area contributed by atoms with Crippen LogP contribution >= 0.6 is 0 Å². The third kappa shape index (κ3) is 4.01. The summed E-state index contributed by atoms with van der Waals surface area (Å²) in [5.41, 5.74) is -1.10. The van der Waals surface area contributed by atoms with E-state index in [1.54, 1.807) is 43.3 Å². The molecule has 0 aromatic heterocycles. The Morgan fingerprint density at radius 3 is 2.59 bits per heavy atom. The molecule has 0 amide bonds. The molecule has 1 aromatic carbocycles. The molecule has 4 nitrogen and oxygen atoms in total. The molecule has 0 aliphatic heterocycles. The van der Waals surface area contributed by atoms with E-state index in [9.17, 15) is 9.90 Å². The van der Waals surface area contributed by atoms with Crippen LogP contribution in [0.1, 0.15) is 17.3 Å². The van der Waals surface area contributed by atoms with Gasteiger partial charge in [0.1, 0.15) is 12.2 Å². The van der Waals surface area contributed by atoms with E-state index < -0.39 is 18.2 Å². The Bertz CT molecular complexity index is 386. The molecular weight excluding hydrogens is 220 g/mol. The second-order valence-corrected chi connectivity index (χ2v) is 3.70. The van der Waals surface area contributed by atoms with Gasteiger partial charge in [-0.15, -0.1) is 0 Å². The van der Waals surface area contributed by atoms with Crippen molar-refractivity contribution in [1.29, 1.82) is 0 Å². The lowest BCUT2D eigenvalue weighted by Gasteiger charge is -2.21. The number of esters is 1. The molecule has 0 bridgehead atoms. The van der Waals surface area contributed by atoms with Crippen molar-refractivity contribution in [2.75, 3.05) is 13.2 Å². The summed E-state index contributed by atoms with van der Waals surface area (Å²) in [6.07, 6.45) is 2.98. The van der Waals surface area contributed by atoms with Crippen molar-refractivity contribution in [2.24, 2.45) is 0 Å². The quantitative estimate of drug-likeness (QED) is 0.594. The first kappa shape index (κ1) is 13.4. The second-order valence-electron chi connectivity index (χ2n) is 3.70. The molecule has 0 saturated carbocycles. The monoisotopic (exact) mass is 236 g/mol. The van der Waals surface area contributed by atoms with Crippen LogP contribution in [0.15, 0.2) is 42.5 Å². The number of allylic oxidation sites excluding steroid dienone is 1. The Hall–Kier alpha value is -1.65. The van der Waals surface area contributed by atoms with Crippen molar-refractivity contribution in [3.63, 3.8) is 0 Å². The molecule has 0 fully saturated rings. The maximum absolute atomic E-state index is 11.6. The van der Waals surface area contributed by atoms with Gasteiger partial charge in [0, 0.05) is 0 Å². The predicted molar refractivity (Wildman–Crippen MR) is 63.6 cm³/mol. The summed E-state index contributed by atoms with van der Waals surface area (Å²) in [5, 5.41) is 18.8. The Labute approximate surface area is 100 Å². The lowest BCUT2D eigenvalue weighted by molar-refractivity contribution is -0.0324. The Kier molecular flexibility index (Phi) is 4.87. The molecule has 0 aliphatic rings. The zero-order chi connectivity index (χ0) is 12.7. The smallest absolute Gasteiger partial charge is 0.338 e. The summed E-state index contributed by atoms with van der Waals surface area (Å²) in [5.74, 6) is -0.526. The van der Waals surface area contributed by atoms with Crippen LogP contribution in [0.3, 0.4) is 0 Å². The molecule has 1 atom stereocenters. The number of rotatable bonds is 5. The molecule has 0 aliphatic carbocycles. The molecule has 1 rings (SSSR count). The summed E-state index contributed by atoms with van der Waals surface area (Å²) in [6.45, 7) is 0.931. The SMILES string of the molecule is C/C=C\[C@@](O)(CO)COC(=O)c1ccccc1. The highest BCUT2D eigenvalue weighted by atomic mass is 16.5. The number of hydrogen-bond donors (Lipinski definition) is 2. The van der Waals surface area contributed by atoms with Gasteiger partial charge in [0.25, 0.3) is 0 Å². The molecule has 17 heavy (non-hydrogen) atoms. The summed E-state index contributed by atoms with van der Waals surface area (Å²) >= 11 is 0. The number of carbonyl (C=O) groups excluding carboxylic acids is 1. The van der Waals surface area contributed by atoms with Gasteiger partial charge >= 0.3 is 5.97 Å². The summed E-state index contributed by atoms with van der Waals surface area (Å²) in [4.78, 5) is 11.6. The average Bonchev–Trinajstić information content (AvgIpc) is 2.37. The van der Waals surface area contributed by atoms with E-state index in [1.165, 1.54) is 6.08 Å². The van der Waals surface area contributed by atoms with E-state index in [2.05, 4.69) is 0 Å². The largest absolute Gasteiger partial charge is 0.459 e. The lowest BCUT2D eigenvalue weighted by Crippen LogP contribution is -2.37. The van der Waals surface area contributed by atoms with Crippen molar-refractivity contribution < 1.29 is 19.7 Å². The van der Waals surface area contributed by atoms with Crippen LogP contribution in [0.25, 0.3) is 0 Å². The Balaban J connectivity index is 2.59. The molecule has 0 heterocycles. The van der Waals surface area contributed by atoms with Crippen molar-refractivity contribution in [3.8, 4) is 0 Å². The number of aliphatic hydroxyl groups excluding tert-OH is 1. The lowest BCUT2D eigenvalue weighted by atomic mass is 10.1. The van der Waals surface area contributed by atoms with Crippen LogP contribution in [-0.2, 0) is 4.74 Å². The summed E-state index contributed by atoms with van der Waals surface area (Å²) < 4.78 is 4.94. The zero-order valence-electron chi connectivity index (χ0n) is 9.67. The third-order valence-electron chi connectivity index (χ3n) is 2.21. The highest BCUT2D eigenvalue weighted by Crippen LogP contribution is 2.09. The van der Waals surface area contributed by atoms with Crippen LogP contribution in [0, 0.1) is 0 Å². The van der Waals surface area contributed by atoms with E-state index in [0.717, 1.165) is 0 Å². The number of aliphatic hydroxyl groups is 2. The molecule has 4 heteroatoms. The second kappa shape index (κ2) is 6.18. The van der Waals surface area contributed by atoms with Crippen LogP contribution in [-0.4, -0.2) is 35.0 Å².